The molecule has 0 atom stereocenters. The molecule has 0 radical (unpaired) electrons. The van der Waals surface area contributed by atoms with E-state index in [1.54, 1.807) is 13.8 Å². The van der Waals surface area contributed by atoms with Gasteiger partial charge in [-0.25, -0.2) is 13.5 Å². The van der Waals surface area contributed by atoms with Crippen LogP contribution in [0.3, 0.4) is 0 Å². The van der Waals surface area contributed by atoms with E-state index in [0.29, 0.717) is 0 Å². The molecule has 0 aliphatic rings. The molecule has 0 aliphatic heterocycles. The molecule has 5 nitrogen and oxygen atoms in total. The maximum absolute atomic E-state index is 11.6. The van der Waals surface area contributed by atoms with Gasteiger partial charge in [0.1, 0.15) is 4.90 Å². The maximum atomic E-state index is 11.6. The third kappa shape index (κ3) is 2.41. The van der Waals surface area contributed by atoms with Crippen LogP contribution in [-0.2, 0) is 9.84 Å². The van der Waals surface area contributed by atoms with E-state index in [2.05, 4.69) is 10.2 Å². The van der Waals surface area contributed by atoms with Crippen LogP contribution in [0.1, 0.15) is 13.8 Å². The fraction of sp³-hybridized carbons (Fsp3) is 0.500. The summed E-state index contributed by atoms with van der Waals surface area (Å²) in [4.78, 5) is 10.9. The molecule has 1 aromatic rings. The van der Waals surface area contributed by atoms with Crippen molar-refractivity contribution < 1.29 is 8.42 Å². The molecule has 0 aliphatic carbocycles. The summed E-state index contributed by atoms with van der Waals surface area (Å²) in [5.41, 5.74) is -0.659. The van der Waals surface area contributed by atoms with E-state index in [9.17, 15) is 13.2 Å². The maximum Gasteiger partial charge on any atom is 0.282 e. The number of nitrogens with one attached hydrogen (secondary N) is 1. The minimum Gasteiger partial charge on any atom is -0.267 e. The highest BCUT2D eigenvalue weighted by Crippen LogP contribution is 2.08. The molecule has 1 heterocycles. The topological polar surface area (TPSA) is 79.9 Å². The van der Waals surface area contributed by atoms with Crippen LogP contribution >= 0.6 is 0 Å². The summed E-state index contributed by atoms with van der Waals surface area (Å²) < 4.78 is 23.2. The third-order valence-electron chi connectivity index (χ3n) is 1.58. The smallest absolute Gasteiger partial charge is 0.267 e. The van der Waals surface area contributed by atoms with Gasteiger partial charge in [0.2, 0.25) is 0 Å². The molecule has 0 unspecified atom stereocenters. The number of nitrogens with zero attached hydrogens (tertiary/aromatic N) is 1. The van der Waals surface area contributed by atoms with Gasteiger partial charge in [-0.05, 0) is 12.0 Å². The Bertz CT molecular complexity index is 461. The SMILES string of the molecule is CC(C)CS(=O)(=O)c1ccn[nH]c1=O. The Morgan fingerprint density at radius 2 is 2.14 bits per heavy atom. The summed E-state index contributed by atoms with van der Waals surface area (Å²) in [5, 5.41) is 5.53. The quantitative estimate of drug-likeness (QED) is 0.782. The summed E-state index contributed by atoms with van der Waals surface area (Å²) in [6.07, 6.45) is 1.26. The van der Waals surface area contributed by atoms with Gasteiger partial charge in [0.05, 0.1) is 5.75 Å². The van der Waals surface area contributed by atoms with Crippen LogP contribution in [0.15, 0.2) is 22.0 Å². The van der Waals surface area contributed by atoms with Gasteiger partial charge in [-0.15, -0.1) is 0 Å². The second kappa shape index (κ2) is 3.91. The number of aromatic amines is 1. The molecule has 0 fully saturated rings. The number of hydrogen-bond acceptors (Lipinski definition) is 4. The lowest BCUT2D eigenvalue weighted by atomic mass is 10.3. The Kier molecular flexibility index (Phi) is 3.05. The first-order valence-electron chi connectivity index (χ1n) is 4.20. The van der Waals surface area contributed by atoms with Crippen LogP contribution < -0.4 is 5.56 Å². The zero-order valence-electron chi connectivity index (χ0n) is 8.02. The molecule has 78 valence electrons. The summed E-state index contributed by atoms with van der Waals surface area (Å²) in [6, 6.07) is 1.22. The molecule has 0 aromatic carbocycles. The molecule has 1 N–H and O–H groups in total. The van der Waals surface area contributed by atoms with Crippen LogP contribution in [0.25, 0.3) is 0 Å². The predicted octanol–water partition coefficient (Wildman–Crippen LogP) is 0.200. The first kappa shape index (κ1) is 10.9. The summed E-state index contributed by atoms with van der Waals surface area (Å²) >= 11 is 0. The normalized spacial score (nSPS) is 11.9. The van der Waals surface area contributed by atoms with Gasteiger partial charge >= 0.3 is 0 Å². The molecule has 0 amide bonds. The van der Waals surface area contributed by atoms with Gasteiger partial charge in [0.25, 0.3) is 5.56 Å². The highest BCUT2D eigenvalue weighted by molar-refractivity contribution is 7.91. The summed E-state index contributed by atoms with van der Waals surface area (Å²) in [6.45, 7) is 3.57. The molecular weight excluding hydrogens is 204 g/mol. The van der Waals surface area contributed by atoms with Crippen LogP contribution in [0.5, 0.6) is 0 Å². The van der Waals surface area contributed by atoms with Crippen LogP contribution in [0.2, 0.25) is 0 Å². The molecule has 0 spiro atoms. The number of H-pyrrole nitrogens is 1. The van der Waals surface area contributed by atoms with Crippen molar-refractivity contribution in [2.24, 2.45) is 5.92 Å². The van der Waals surface area contributed by atoms with E-state index in [-0.39, 0.29) is 16.6 Å². The fourth-order valence-electron chi connectivity index (χ4n) is 1.11. The Labute approximate surface area is 82.1 Å². The van der Waals surface area contributed by atoms with Crippen LogP contribution in [0, 0.1) is 5.92 Å². The third-order valence-corrected chi connectivity index (χ3v) is 3.68. The lowest BCUT2D eigenvalue weighted by Crippen LogP contribution is -2.22. The number of rotatable bonds is 3. The van der Waals surface area contributed by atoms with Crippen molar-refractivity contribution >= 4 is 9.84 Å². The van der Waals surface area contributed by atoms with Crippen LogP contribution in [-0.4, -0.2) is 24.4 Å². The van der Waals surface area contributed by atoms with Crippen molar-refractivity contribution in [3.8, 4) is 0 Å². The first-order valence-corrected chi connectivity index (χ1v) is 5.85. The molecule has 1 aromatic heterocycles. The summed E-state index contributed by atoms with van der Waals surface area (Å²) in [5.74, 6) is -0.0346. The van der Waals surface area contributed by atoms with Crippen LogP contribution in [0.4, 0.5) is 0 Å². The highest BCUT2D eigenvalue weighted by atomic mass is 32.2. The average molecular weight is 216 g/mol. The molecule has 0 saturated heterocycles. The van der Waals surface area contributed by atoms with Gasteiger partial charge in [0.15, 0.2) is 9.84 Å². The Balaban J connectivity index is 3.18. The largest absolute Gasteiger partial charge is 0.282 e. The standard InChI is InChI=1S/C8H12N2O3S/c1-6(2)5-14(12,13)7-3-4-9-10-8(7)11/h3-4,6H,5H2,1-2H3,(H,10,11). The van der Waals surface area contributed by atoms with Crippen molar-refractivity contribution in [2.75, 3.05) is 5.75 Å². The Hall–Kier alpha value is -1.17. The fourth-order valence-corrected chi connectivity index (χ4v) is 2.76. The zero-order valence-corrected chi connectivity index (χ0v) is 8.84. The molecule has 0 saturated carbocycles. The molecular formula is C8H12N2O3S. The monoisotopic (exact) mass is 216 g/mol. The van der Waals surface area contributed by atoms with Gasteiger partial charge in [-0.3, -0.25) is 4.79 Å². The lowest BCUT2D eigenvalue weighted by molar-refractivity contribution is 0.580. The second-order valence-electron chi connectivity index (χ2n) is 3.43. The molecule has 14 heavy (non-hydrogen) atoms. The predicted molar refractivity (Wildman–Crippen MR) is 51.7 cm³/mol. The van der Waals surface area contributed by atoms with E-state index in [1.807, 2.05) is 0 Å². The summed E-state index contributed by atoms with van der Waals surface area (Å²) in [7, 11) is -3.47. The zero-order chi connectivity index (χ0) is 10.8. The van der Waals surface area contributed by atoms with Crippen molar-refractivity contribution in [1.82, 2.24) is 10.2 Å². The van der Waals surface area contributed by atoms with E-state index >= 15 is 0 Å². The van der Waals surface area contributed by atoms with E-state index in [0.717, 1.165) is 0 Å². The molecule has 1 rings (SSSR count). The molecule has 6 heteroatoms. The Morgan fingerprint density at radius 1 is 1.50 bits per heavy atom. The van der Waals surface area contributed by atoms with Gasteiger partial charge < -0.3 is 0 Å². The van der Waals surface area contributed by atoms with Crippen molar-refractivity contribution in [3.63, 3.8) is 0 Å². The second-order valence-corrected chi connectivity index (χ2v) is 5.43. The number of hydrogen-bond donors (Lipinski definition) is 1. The Morgan fingerprint density at radius 3 is 2.64 bits per heavy atom. The van der Waals surface area contributed by atoms with E-state index in [4.69, 9.17) is 0 Å². The van der Waals surface area contributed by atoms with Gasteiger partial charge in [-0.2, -0.15) is 5.10 Å². The van der Waals surface area contributed by atoms with E-state index in [1.165, 1.54) is 12.3 Å². The molecule has 0 bridgehead atoms. The van der Waals surface area contributed by atoms with Crippen molar-refractivity contribution in [1.29, 1.82) is 0 Å². The number of aromatic nitrogens is 2. The van der Waals surface area contributed by atoms with Crippen molar-refractivity contribution in [2.45, 2.75) is 18.7 Å². The first-order chi connectivity index (χ1) is 6.43. The average Bonchev–Trinajstić information content (AvgIpc) is 2.02. The number of sulfone groups is 1. The minimum atomic E-state index is -3.47. The van der Waals surface area contributed by atoms with Gasteiger partial charge in [0, 0.05) is 6.20 Å². The minimum absolute atomic E-state index is 0.00688. The van der Waals surface area contributed by atoms with Gasteiger partial charge in [-0.1, -0.05) is 13.8 Å². The lowest BCUT2D eigenvalue weighted by Gasteiger charge is -2.04. The highest BCUT2D eigenvalue weighted by Gasteiger charge is 2.19. The van der Waals surface area contributed by atoms with E-state index < -0.39 is 15.4 Å². The van der Waals surface area contributed by atoms with Crippen molar-refractivity contribution in [3.05, 3.63) is 22.6 Å².